The van der Waals surface area contributed by atoms with Gasteiger partial charge in [-0.3, -0.25) is 9.59 Å². The van der Waals surface area contributed by atoms with Gasteiger partial charge >= 0.3 is 6.09 Å². The molecule has 12 heteroatoms. The van der Waals surface area contributed by atoms with E-state index in [1.165, 1.54) is 4.90 Å². The number of fused-ring (bicyclic) bond motifs is 1. The fraction of sp³-hybridized carbons (Fsp3) is 0.333. The predicted molar refractivity (Wildman–Crippen MR) is 145 cm³/mol. The smallest absolute Gasteiger partial charge is 0.344 e. The topological polar surface area (TPSA) is 137 Å². The molecule has 0 bridgehead atoms. The first-order valence-electron chi connectivity index (χ1n) is 12.7. The summed E-state index contributed by atoms with van der Waals surface area (Å²) in [5.74, 6) is -2.32. The highest BCUT2D eigenvalue weighted by molar-refractivity contribution is 7.94. The van der Waals surface area contributed by atoms with Crippen molar-refractivity contribution < 1.29 is 27.6 Å². The minimum Gasteiger partial charge on any atom is -0.344 e. The zero-order chi connectivity index (χ0) is 27.7. The Hall–Kier alpha value is -4.19. The van der Waals surface area contributed by atoms with E-state index < -0.39 is 33.7 Å². The van der Waals surface area contributed by atoms with Gasteiger partial charge in [-0.1, -0.05) is 44.2 Å². The monoisotopic (exact) mass is 551 g/mol. The Morgan fingerprint density at radius 1 is 1.13 bits per heavy atom. The number of hydrogen-bond acceptors (Lipinski definition) is 8. The van der Waals surface area contributed by atoms with E-state index in [4.69, 9.17) is 4.84 Å². The summed E-state index contributed by atoms with van der Waals surface area (Å²) in [7, 11) is -4.27. The lowest BCUT2D eigenvalue weighted by Crippen LogP contribution is -2.53. The Morgan fingerprint density at radius 2 is 1.85 bits per heavy atom. The van der Waals surface area contributed by atoms with E-state index >= 15 is 0 Å². The summed E-state index contributed by atoms with van der Waals surface area (Å²) in [4.78, 5) is 47.5. The van der Waals surface area contributed by atoms with Crippen molar-refractivity contribution in [3.05, 3.63) is 70.8 Å². The molecule has 0 saturated heterocycles. The van der Waals surface area contributed by atoms with E-state index in [9.17, 15) is 22.8 Å². The molecule has 0 fully saturated rings. The van der Waals surface area contributed by atoms with E-state index in [1.54, 1.807) is 53.4 Å². The van der Waals surface area contributed by atoms with Gasteiger partial charge in [0.25, 0.3) is 10.0 Å². The number of carbonyl (C=O) groups excluding carboxylic acids is 3. The predicted octanol–water partition coefficient (Wildman–Crippen LogP) is 3.29. The van der Waals surface area contributed by atoms with Crippen LogP contribution in [0.2, 0.25) is 0 Å². The number of ketones is 1. The van der Waals surface area contributed by atoms with Crippen LogP contribution in [0.4, 0.5) is 16.2 Å². The molecule has 11 nitrogen and oxygen atoms in total. The summed E-state index contributed by atoms with van der Waals surface area (Å²) >= 11 is 0. The van der Waals surface area contributed by atoms with Crippen LogP contribution in [0.15, 0.2) is 69.6 Å². The molecule has 204 valence electrons. The molecule has 0 aromatic heterocycles. The molecule has 3 heterocycles. The van der Waals surface area contributed by atoms with Crippen molar-refractivity contribution in [3.8, 4) is 0 Å². The van der Waals surface area contributed by atoms with Gasteiger partial charge in [-0.15, -0.1) is 4.40 Å². The number of Topliss-reactive ketones (excluding diaryl/α,β-unsaturated/α-hetero) is 1. The SMILES string of the molecule is CC(C)CCN1C(=O)C(C2=NS(=O)(=O)C3=C(CCN(C(=O)ONc4ccccc4)C3)N2)C(=O)c2ccccc21. The first-order valence-corrected chi connectivity index (χ1v) is 14.1. The molecule has 2 aromatic rings. The molecule has 2 N–H and O–H groups in total. The Morgan fingerprint density at radius 3 is 2.59 bits per heavy atom. The zero-order valence-electron chi connectivity index (χ0n) is 21.6. The Kier molecular flexibility index (Phi) is 7.13. The van der Waals surface area contributed by atoms with Gasteiger partial charge in [-0.05, 0) is 36.6 Å². The van der Waals surface area contributed by atoms with Crippen molar-refractivity contribution in [2.24, 2.45) is 16.2 Å². The quantitative estimate of drug-likeness (QED) is 0.412. The lowest BCUT2D eigenvalue weighted by atomic mass is 9.88. The Bertz CT molecular complexity index is 1480. The fourth-order valence-electron chi connectivity index (χ4n) is 4.74. The number of hydrogen-bond donors (Lipinski definition) is 2. The highest BCUT2D eigenvalue weighted by Crippen LogP contribution is 2.34. The zero-order valence-corrected chi connectivity index (χ0v) is 22.4. The van der Waals surface area contributed by atoms with Gasteiger partial charge in [0.15, 0.2) is 11.7 Å². The van der Waals surface area contributed by atoms with E-state index in [2.05, 4.69) is 15.2 Å². The van der Waals surface area contributed by atoms with E-state index in [0.717, 1.165) is 0 Å². The van der Waals surface area contributed by atoms with Crippen LogP contribution in [0.25, 0.3) is 0 Å². The second-order valence-electron chi connectivity index (χ2n) is 9.97. The second-order valence-corrected chi connectivity index (χ2v) is 11.6. The number of carbonyl (C=O) groups is 3. The number of benzene rings is 2. The molecule has 2 amide bonds. The van der Waals surface area contributed by atoms with Gasteiger partial charge in [0, 0.05) is 30.8 Å². The lowest BCUT2D eigenvalue weighted by Gasteiger charge is -2.36. The normalized spacial score (nSPS) is 20.2. The molecule has 3 aliphatic rings. The van der Waals surface area contributed by atoms with Crippen LogP contribution in [0.3, 0.4) is 0 Å². The van der Waals surface area contributed by atoms with Crippen LogP contribution in [0, 0.1) is 11.8 Å². The maximum Gasteiger partial charge on any atom is 0.434 e. The third-order valence-corrected chi connectivity index (χ3v) is 8.27. The Balaban J connectivity index is 1.36. The van der Waals surface area contributed by atoms with Crippen LogP contribution >= 0.6 is 0 Å². The van der Waals surface area contributed by atoms with Gasteiger partial charge in [0.2, 0.25) is 5.91 Å². The standard InChI is InChI=1S/C27H29N5O6S/c1-17(2)12-15-32-21-11-7-6-10-19(21)24(33)23(26(32)34)25-28-20-13-14-31(16-22(20)39(36,37)30-25)27(35)38-29-18-8-4-3-5-9-18/h3-11,17,23,29H,12-16H2,1-2H3,(H,28,30). The van der Waals surface area contributed by atoms with Crippen molar-refractivity contribution in [2.75, 3.05) is 30.0 Å². The summed E-state index contributed by atoms with van der Waals surface area (Å²) in [6.45, 7) is 4.37. The van der Waals surface area contributed by atoms with Crippen LogP contribution in [0.1, 0.15) is 37.0 Å². The number of nitrogens with one attached hydrogen (secondary N) is 2. The largest absolute Gasteiger partial charge is 0.434 e. The minimum absolute atomic E-state index is 0.0954. The minimum atomic E-state index is -4.27. The molecule has 3 aliphatic heterocycles. The highest BCUT2D eigenvalue weighted by atomic mass is 32.2. The second kappa shape index (κ2) is 10.5. The number of sulfonamides is 1. The number of nitrogens with zero attached hydrogens (tertiary/aromatic N) is 3. The summed E-state index contributed by atoms with van der Waals surface area (Å²) in [5, 5.41) is 2.96. The van der Waals surface area contributed by atoms with Gasteiger partial charge < -0.3 is 20.0 Å². The first-order chi connectivity index (χ1) is 18.7. The van der Waals surface area contributed by atoms with Crippen molar-refractivity contribution in [1.82, 2.24) is 10.2 Å². The molecular weight excluding hydrogens is 522 g/mol. The molecule has 2 aromatic carbocycles. The van der Waals surface area contributed by atoms with Crippen LogP contribution in [-0.2, 0) is 19.7 Å². The molecule has 5 rings (SSSR count). The molecule has 0 spiro atoms. The maximum absolute atomic E-state index is 13.6. The van der Waals surface area contributed by atoms with E-state index in [-0.39, 0.29) is 30.3 Å². The van der Waals surface area contributed by atoms with Crippen LogP contribution in [0.5, 0.6) is 0 Å². The summed E-state index contributed by atoms with van der Waals surface area (Å²) < 4.78 is 30.4. The van der Waals surface area contributed by atoms with Crippen molar-refractivity contribution in [2.45, 2.75) is 26.7 Å². The molecular formula is C27H29N5O6S. The number of anilines is 2. The summed E-state index contributed by atoms with van der Waals surface area (Å²) in [5.41, 5.74) is 4.28. The summed E-state index contributed by atoms with van der Waals surface area (Å²) in [6, 6.07) is 15.6. The molecule has 1 atom stereocenters. The van der Waals surface area contributed by atoms with Crippen molar-refractivity contribution >= 4 is 45.0 Å². The maximum atomic E-state index is 13.6. The van der Waals surface area contributed by atoms with E-state index in [1.807, 2.05) is 19.9 Å². The van der Waals surface area contributed by atoms with Gasteiger partial charge in [0.1, 0.15) is 10.7 Å². The number of amidine groups is 1. The number of para-hydroxylation sites is 2. The lowest BCUT2D eigenvalue weighted by molar-refractivity contribution is -0.119. The van der Waals surface area contributed by atoms with Crippen LogP contribution in [-0.4, -0.2) is 56.6 Å². The third-order valence-electron chi connectivity index (χ3n) is 6.84. The summed E-state index contributed by atoms with van der Waals surface area (Å²) in [6.07, 6.45) is 0.112. The average Bonchev–Trinajstić information content (AvgIpc) is 2.91. The van der Waals surface area contributed by atoms with Crippen molar-refractivity contribution in [1.29, 1.82) is 0 Å². The highest BCUT2D eigenvalue weighted by Gasteiger charge is 2.46. The number of amides is 2. The van der Waals surface area contributed by atoms with E-state index in [0.29, 0.717) is 41.5 Å². The van der Waals surface area contributed by atoms with Crippen LogP contribution < -0.4 is 15.7 Å². The first kappa shape index (κ1) is 26.4. The van der Waals surface area contributed by atoms with Gasteiger partial charge in [-0.25, -0.2) is 10.3 Å². The Labute approximate surface area is 226 Å². The number of rotatable bonds is 6. The molecule has 1 unspecified atom stereocenters. The third kappa shape index (κ3) is 5.24. The fourth-order valence-corrected chi connectivity index (χ4v) is 6.04. The van der Waals surface area contributed by atoms with Gasteiger partial charge in [0.05, 0.1) is 17.9 Å². The van der Waals surface area contributed by atoms with Crippen molar-refractivity contribution in [3.63, 3.8) is 0 Å². The molecule has 39 heavy (non-hydrogen) atoms. The molecule has 0 radical (unpaired) electrons. The molecule has 0 saturated carbocycles. The van der Waals surface area contributed by atoms with Gasteiger partial charge in [-0.2, -0.15) is 8.42 Å². The molecule has 0 aliphatic carbocycles. The average molecular weight is 552 g/mol.